The number of benzene rings is 3. The Balaban J connectivity index is 1.82. The smallest absolute Gasteiger partial charge is 0.0266 e. The van der Waals surface area contributed by atoms with Gasteiger partial charge in [0.05, 0.1) is 0 Å². The second kappa shape index (κ2) is 7.29. The Morgan fingerprint density at radius 1 is 0.609 bits per heavy atom. The molecular weight excluding hydrogens is 276 g/mol. The van der Waals surface area contributed by atoms with Gasteiger partial charge in [-0.3, -0.25) is 0 Å². The molecule has 0 N–H and O–H groups in total. The molecule has 0 spiro atoms. The van der Waals surface area contributed by atoms with Gasteiger partial charge in [-0.25, -0.2) is 0 Å². The molecule has 0 nitrogen and oxygen atoms in total. The molecule has 3 aromatic carbocycles. The third-order valence-corrected chi connectivity index (χ3v) is 3.79. The maximum absolute atomic E-state index is 3.98. The van der Waals surface area contributed by atoms with Gasteiger partial charge in [-0.05, 0) is 35.4 Å². The van der Waals surface area contributed by atoms with Gasteiger partial charge in [-0.1, -0.05) is 78.6 Å². The Kier molecular flexibility index (Phi) is 4.72. The lowest BCUT2D eigenvalue weighted by Crippen LogP contribution is -1.97. The van der Waals surface area contributed by atoms with Gasteiger partial charge in [0, 0.05) is 17.0 Å². The minimum absolute atomic E-state index is 0.215. The topological polar surface area (TPSA) is 0 Å². The molecule has 0 fully saturated rings. The summed E-state index contributed by atoms with van der Waals surface area (Å²) >= 11 is 0. The van der Waals surface area contributed by atoms with Crippen LogP contribution in [0, 0.1) is 11.8 Å². The van der Waals surface area contributed by atoms with E-state index in [1.807, 2.05) is 42.5 Å². The van der Waals surface area contributed by atoms with E-state index in [1.54, 1.807) is 0 Å². The molecule has 1 atom stereocenters. The van der Waals surface area contributed by atoms with E-state index < -0.39 is 0 Å². The number of rotatable bonds is 3. The second-order valence-corrected chi connectivity index (χ2v) is 5.36. The zero-order valence-corrected chi connectivity index (χ0v) is 12.9. The molecule has 0 radical (unpaired) electrons. The number of allylic oxidation sites excluding steroid dienone is 1. The van der Waals surface area contributed by atoms with Crippen molar-refractivity contribution < 1.29 is 0 Å². The summed E-state index contributed by atoms with van der Waals surface area (Å²) in [6, 6.07) is 28.9. The fourth-order valence-electron chi connectivity index (χ4n) is 2.56. The Morgan fingerprint density at radius 2 is 1.09 bits per heavy atom. The lowest BCUT2D eigenvalue weighted by Gasteiger charge is -2.13. The van der Waals surface area contributed by atoms with Crippen LogP contribution in [0.25, 0.3) is 0 Å². The van der Waals surface area contributed by atoms with Gasteiger partial charge < -0.3 is 0 Å². The van der Waals surface area contributed by atoms with Crippen LogP contribution in [0.2, 0.25) is 0 Å². The first-order chi connectivity index (χ1) is 11.4. The zero-order valence-electron chi connectivity index (χ0n) is 12.9. The fraction of sp³-hybridized carbons (Fsp3) is 0.0435. The van der Waals surface area contributed by atoms with Crippen LogP contribution in [0.5, 0.6) is 0 Å². The van der Waals surface area contributed by atoms with Crippen molar-refractivity contribution in [2.24, 2.45) is 0 Å². The standard InChI is InChI=1S/C23H18/c1-2-23(21-11-7-4-8-12-21)22-17-15-20(16-18-22)14-13-19-9-5-3-6-10-19/h2-12,15-18,23H,1H2. The van der Waals surface area contributed by atoms with Crippen molar-refractivity contribution in [3.8, 4) is 11.8 Å². The summed E-state index contributed by atoms with van der Waals surface area (Å²) in [7, 11) is 0. The normalized spacial score (nSPS) is 11.1. The molecule has 1 unspecified atom stereocenters. The van der Waals surface area contributed by atoms with Crippen molar-refractivity contribution >= 4 is 0 Å². The Labute approximate surface area is 138 Å². The molecule has 0 aliphatic carbocycles. The first-order valence-electron chi connectivity index (χ1n) is 7.71. The van der Waals surface area contributed by atoms with Crippen LogP contribution in [-0.2, 0) is 0 Å². The molecule has 0 bridgehead atoms. The summed E-state index contributed by atoms with van der Waals surface area (Å²) < 4.78 is 0. The first kappa shape index (κ1) is 14.9. The van der Waals surface area contributed by atoms with Crippen LogP contribution in [0.3, 0.4) is 0 Å². The highest BCUT2D eigenvalue weighted by Gasteiger charge is 2.09. The molecule has 0 heterocycles. The Hall–Kier alpha value is -3.04. The van der Waals surface area contributed by atoms with Crippen LogP contribution in [0.15, 0.2) is 97.6 Å². The molecule has 23 heavy (non-hydrogen) atoms. The molecule has 0 heteroatoms. The lowest BCUT2D eigenvalue weighted by atomic mass is 9.91. The van der Waals surface area contributed by atoms with Gasteiger partial charge in [0.15, 0.2) is 0 Å². The van der Waals surface area contributed by atoms with E-state index in [0.717, 1.165) is 11.1 Å². The van der Waals surface area contributed by atoms with Gasteiger partial charge in [0.2, 0.25) is 0 Å². The molecule has 0 aliphatic heterocycles. The van der Waals surface area contributed by atoms with Crippen molar-refractivity contribution in [2.75, 3.05) is 0 Å². The monoisotopic (exact) mass is 294 g/mol. The van der Waals surface area contributed by atoms with E-state index >= 15 is 0 Å². The van der Waals surface area contributed by atoms with Gasteiger partial charge >= 0.3 is 0 Å². The quantitative estimate of drug-likeness (QED) is 0.448. The number of hydrogen-bond donors (Lipinski definition) is 0. The molecule has 0 aliphatic rings. The maximum Gasteiger partial charge on any atom is 0.0266 e. The van der Waals surface area contributed by atoms with Gasteiger partial charge in [0.1, 0.15) is 0 Å². The minimum atomic E-state index is 0.215. The van der Waals surface area contributed by atoms with E-state index in [9.17, 15) is 0 Å². The minimum Gasteiger partial charge on any atom is -0.102 e. The van der Waals surface area contributed by atoms with Gasteiger partial charge in [-0.2, -0.15) is 0 Å². The first-order valence-corrected chi connectivity index (χ1v) is 7.71. The molecule has 3 rings (SSSR count). The molecule has 0 aromatic heterocycles. The summed E-state index contributed by atoms with van der Waals surface area (Å²) in [5, 5.41) is 0. The average Bonchev–Trinajstić information content (AvgIpc) is 2.63. The van der Waals surface area contributed by atoms with Crippen molar-refractivity contribution in [1.29, 1.82) is 0 Å². The average molecular weight is 294 g/mol. The van der Waals surface area contributed by atoms with Crippen LogP contribution in [0.1, 0.15) is 28.2 Å². The van der Waals surface area contributed by atoms with Crippen molar-refractivity contribution in [1.82, 2.24) is 0 Å². The predicted octanol–water partition coefficient (Wildman–Crippen LogP) is 5.40. The molecule has 0 amide bonds. The Morgan fingerprint density at radius 3 is 1.65 bits per heavy atom. The van der Waals surface area contributed by atoms with Crippen LogP contribution < -0.4 is 0 Å². The predicted molar refractivity (Wildman–Crippen MR) is 97.3 cm³/mol. The Bertz CT molecular complexity index is 816. The second-order valence-electron chi connectivity index (χ2n) is 5.36. The lowest BCUT2D eigenvalue weighted by molar-refractivity contribution is 1.03. The van der Waals surface area contributed by atoms with Gasteiger partial charge in [-0.15, -0.1) is 6.58 Å². The summed E-state index contributed by atoms with van der Waals surface area (Å²) in [6.45, 7) is 3.98. The van der Waals surface area contributed by atoms with E-state index in [4.69, 9.17) is 0 Å². The third-order valence-electron chi connectivity index (χ3n) is 3.79. The maximum atomic E-state index is 3.98. The van der Waals surface area contributed by atoms with E-state index in [2.05, 4.69) is 67.0 Å². The molecular formula is C23H18. The third kappa shape index (κ3) is 3.78. The highest BCUT2D eigenvalue weighted by Crippen LogP contribution is 2.25. The summed E-state index contributed by atoms with van der Waals surface area (Å²) in [6.07, 6.45) is 1.99. The summed E-state index contributed by atoms with van der Waals surface area (Å²) in [5.41, 5.74) is 4.54. The van der Waals surface area contributed by atoms with E-state index in [0.29, 0.717) is 0 Å². The van der Waals surface area contributed by atoms with Crippen molar-refractivity contribution in [3.63, 3.8) is 0 Å². The van der Waals surface area contributed by atoms with E-state index in [-0.39, 0.29) is 5.92 Å². The molecule has 3 aromatic rings. The highest BCUT2D eigenvalue weighted by molar-refractivity contribution is 5.45. The van der Waals surface area contributed by atoms with Crippen LogP contribution in [0.4, 0.5) is 0 Å². The van der Waals surface area contributed by atoms with Crippen molar-refractivity contribution in [2.45, 2.75) is 5.92 Å². The SMILES string of the molecule is C=CC(c1ccccc1)c1ccc(C#Cc2ccccc2)cc1. The fourth-order valence-corrected chi connectivity index (χ4v) is 2.56. The molecule has 110 valence electrons. The van der Waals surface area contributed by atoms with Gasteiger partial charge in [0.25, 0.3) is 0 Å². The molecule has 0 saturated carbocycles. The molecule has 0 saturated heterocycles. The van der Waals surface area contributed by atoms with Crippen LogP contribution >= 0.6 is 0 Å². The van der Waals surface area contributed by atoms with E-state index in [1.165, 1.54) is 11.1 Å². The largest absolute Gasteiger partial charge is 0.102 e. The van der Waals surface area contributed by atoms with Crippen molar-refractivity contribution in [3.05, 3.63) is 120 Å². The van der Waals surface area contributed by atoms with Crippen LogP contribution in [-0.4, -0.2) is 0 Å². The number of hydrogen-bond acceptors (Lipinski definition) is 0. The summed E-state index contributed by atoms with van der Waals surface area (Å²) in [4.78, 5) is 0. The zero-order chi connectivity index (χ0) is 15.9. The summed E-state index contributed by atoms with van der Waals surface area (Å²) in [5.74, 6) is 6.61. The highest BCUT2D eigenvalue weighted by atomic mass is 14.1.